The Labute approximate surface area is 182 Å². The van der Waals surface area contributed by atoms with Crippen molar-refractivity contribution in [1.29, 1.82) is 0 Å². The third-order valence-corrected chi connectivity index (χ3v) is 15.9. The topological polar surface area (TPSA) is 209 Å². The summed E-state index contributed by atoms with van der Waals surface area (Å²) in [5.74, 6) is 0. The fourth-order valence-corrected chi connectivity index (χ4v) is 13.8. The molecule has 16 heteroatoms. The van der Waals surface area contributed by atoms with Gasteiger partial charge in [-0.05, 0) is 25.7 Å². The molecule has 2 fully saturated rings. The van der Waals surface area contributed by atoms with E-state index in [0.717, 1.165) is 12.8 Å². The predicted molar refractivity (Wildman–Crippen MR) is 112 cm³/mol. The zero-order chi connectivity index (χ0) is 23.5. The van der Waals surface area contributed by atoms with Crippen molar-refractivity contribution in [1.82, 2.24) is 0 Å². The lowest BCUT2D eigenvalue weighted by atomic mass is 10.0. The van der Waals surface area contributed by atoms with E-state index >= 15 is 0 Å². The molecule has 2 aliphatic rings. The molecule has 2 aliphatic carbocycles. The van der Waals surface area contributed by atoms with Gasteiger partial charge in [0, 0.05) is 0 Å². The molecule has 0 amide bonds. The normalized spacial score (nSPS) is 19.9. The molecule has 0 unspecified atom stereocenters. The molecule has 0 saturated heterocycles. The highest BCUT2D eigenvalue weighted by Gasteiger charge is 2.53. The highest BCUT2D eigenvalue weighted by Crippen LogP contribution is 2.28. The minimum atomic E-state index is -5.32. The number of hydrogen-bond donors (Lipinski definition) is 0. The monoisotopic (exact) mass is 516 g/mol. The summed E-state index contributed by atoms with van der Waals surface area (Å²) >= 11 is 0. The summed E-state index contributed by atoms with van der Waals surface area (Å²) in [5, 5.41) is -4.36. The summed E-state index contributed by atoms with van der Waals surface area (Å²) < 4.78 is 97.7. The smallest absolute Gasteiger partial charge is 0.359 e. The van der Waals surface area contributed by atoms with Crippen LogP contribution in [0.25, 0.3) is 11.1 Å². The van der Waals surface area contributed by atoms with Crippen LogP contribution in [0.1, 0.15) is 64.2 Å². The number of sulfone groups is 4. The van der Waals surface area contributed by atoms with E-state index in [0.29, 0.717) is 25.7 Å². The van der Waals surface area contributed by atoms with Gasteiger partial charge in [-0.3, -0.25) is 0 Å². The summed E-state index contributed by atoms with van der Waals surface area (Å²) in [6, 6.07) is 0. The minimum absolute atomic E-state index is 0.114. The Morgan fingerprint density at radius 3 is 1.13 bits per heavy atom. The van der Waals surface area contributed by atoms with Crippen LogP contribution in [0.2, 0.25) is 0 Å². The first-order valence-corrected chi connectivity index (χ1v) is 16.1. The largest absolute Gasteiger partial charge is 0.496 e. The second kappa shape index (κ2) is 9.59. The van der Waals surface area contributed by atoms with Crippen molar-refractivity contribution in [3.05, 3.63) is 11.1 Å². The van der Waals surface area contributed by atoms with Crippen LogP contribution in [-0.2, 0) is 39.3 Å². The van der Waals surface area contributed by atoms with Gasteiger partial charge in [-0.2, -0.15) is 0 Å². The molecule has 0 radical (unpaired) electrons. The van der Waals surface area contributed by atoms with Gasteiger partial charge in [0.25, 0.3) is 39.3 Å². The van der Waals surface area contributed by atoms with Gasteiger partial charge in [-0.1, -0.05) is 38.5 Å². The van der Waals surface area contributed by atoms with E-state index in [2.05, 4.69) is 9.58 Å². The Kier molecular flexibility index (Phi) is 7.99. The van der Waals surface area contributed by atoms with Crippen molar-refractivity contribution in [2.24, 2.45) is 0 Å². The maximum atomic E-state index is 12.7. The highest BCUT2D eigenvalue weighted by atomic mass is 32.3. The molecular formula is C15H24N4O8S4. The van der Waals surface area contributed by atoms with Crippen molar-refractivity contribution in [2.75, 3.05) is 5.08 Å². The molecule has 2 rings (SSSR count). The molecule has 0 aromatic carbocycles. The first-order valence-electron chi connectivity index (χ1n) is 9.68. The molecule has 0 atom stereocenters. The fourth-order valence-electron chi connectivity index (χ4n) is 3.93. The summed E-state index contributed by atoms with van der Waals surface area (Å²) in [4.78, 5) is 4.70. The maximum absolute atomic E-state index is 12.7. The van der Waals surface area contributed by atoms with E-state index in [4.69, 9.17) is 11.1 Å². The van der Waals surface area contributed by atoms with Crippen LogP contribution >= 0.6 is 0 Å². The number of rotatable bonds is 4. The number of nitrogens with zero attached hydrogens (tertiary/aromatic N) is 4. The van der Waals surface area contributed by atoms with Crippen molar-refractivity contribution in [2.45, 2.75) is 74.7 Å². The predicted octanol–water partition coefficient (Wildman–Crippen LogP) is 0.440. The van der Waals surface area contributed by atoms with E-state index in [-0.39, 0.29) is 25.7 Å². The average Bonchev–Trinajstić information content (AvgIpc) is 2.68. The second-order valence-electron chi connectivity index (χ2n) is 7.69. The highest BCUT2D eigenvalue weighted by molar-refractivity contribution is 8.39. The Balaban J connectivity index is 2.41. The van der Waals surface area contributed by atoms with Crippen molar-refractivity contribution in [3.8, 4) is 0 Å². The van der Waals surface area contributed by atoms with Gasteiger partial charge in [-0.15, -0.1) is 9.58 Å². The standard InChI is InChI=1S/C15H24N4O8S4/c16-18-14(30(24,25)12-7-3-1-4-8-12)28(20,21)11-29(22,23)15(19-17)31(26,27)13-9-5-2-6-10-13/h12-13H,1-11H2. The van der Waals surface area contributed by atoms with E-state index in [1.807, 2.05) is 0 Å². The Morgan fingerprint density at radius 2 is 0.871 bits per heavy atom. The lowest BCUT2D eigenvalue weighted by Crippen LogP contribution is -2.41. The van der Waals surface area contributed by atoms with Gasteiger partial charge in [0.05, 0.1) is 10.5 Å². The molecular weight excluding hydrogens is 492 g/mol. The van der Waals surface area contributed by atoms with Crippen LogP contribution in [0.4, 0.5) is 0 Å². The van der Waals surface area contributed by atoms with Crippen LogP contribution in [0, 0.1) is 0 Å². The molecule has 2 saturated carbocycles. The van der Waals surface area contributed by atoms with Gasteiger partial charge in [0.15, 0.2) is 5.08 Å². The lowest BCUT2D eigenvalue weighted by Gasteiger charge is -2.19. The van der Waals surface area contributed by atoms with Crippen LogP contribution in [0.3, 0.4) is 0 Å². The number of hydrogen-bond acceptors (Lipinski definition) is 8. The molecule has 0 N–H and O–H groups in total. The summed E-state index contributed by atoms with van der Waals surface area (Å²) in [5.41, 5.74) is 18.2. The second-order valence-corrected chi connectivity index (χ2v) is 16.7. The third kappa shape index (κ3) is 5.49. The first kappa shape index (κ1) is 25.8. The van der Waals surface area contributed by atoms with Crippen molar-refractivity contribution >= 4 is 48.1 Å². The van der Waals surface area contributed by atoms with Gasteiger partial charge >= 0.3 is 8.75 Å². The first-order chi connectivity index (χ1) is 14.3. The zero-order valence-corrected chi connectivity index (χ0v) is 19.9. The molecule has 0 heterocycles. The zero-order valence-electron chi connectivity index (χ0n) is 16.6. The molecule has 0 spiro atoms. The van der Waals surface area contributed by atoms with E-state index in [9.17, 15) is 33.7 Å². The van der Waals surface area contributed by atoms with Gasteiger partial charge < -0.3 is 11.1 Å². The average molecular weight is 517 g/mol. The molecule has 0 aromatic rings. The summed E-state index contributed by atoms with van der Waals surface area (Å²) in [7, 11) is -20.0. The minimum Gasteiger partial charge on any atom is -0.359 e. The molecule has 0 aromatic heterocycles. The van der Waals surface area contributed by atoms with Crippen LogP contribution in [0.5, 0.6) is 0 Å². The SMILES string of the molecule is [N-]=[N+]=C(S(=O)(=O)CS(=O)(=O)C(=[N+]=[N-])S(=O)(=O)C1CCCCC1)S(=O)(=O)C1CCCCC1. The summed E-state index contributed by atoms with van der Waals surface area (Å²) in [6.07, 6.45) is 3.95. The molecule has 31 heavy (non-hydrogen) atoms. The van der Waals surface area contributed by atoms with E-state index < -0.39 is 63.7 Å². The molecule has 0 bridgehead atoms. The quantitative estimate of drug-likeness (QED) is 0.221. The third-order valence-electron chi connectivity index (χ3n) is 5.47. The van der Waals surface area contributed by atoms with E-state index in [1.54, 1.807) is 0 Å². The van der Waals surface area contributed by atoms with E-state index in [1.165, 1.54) is 0 Å². The Hall–Kier alpha value is -1.44. The fraction of sp³-hybridized carbons (Fsp3) is 0.867. The van der Waals surface area contributed by atoms with Crippen molar-refractivity contribution in [3.63, 3.8) is 0 Å². The molecule has 176 valence electrons. The van der Waals surface area contributed by atoms with Crippen LogP contribution in [0.15, 0.2) is 0 Å². The Bertz CT molecular complexity index is 1130. The lowest BCUT2D eigenvalue weighted by molar-refractivity contribution is 0.00367. The van der Waals surface area contributed by atoms with Gasteiger partial charge in [0.1, 0.15) is 0 Å². The van der Waals surface area contributed by atoms with Crippen molar-refractivity contribution < 1.29 is 43.3 Å². The van der Waals surface area contributed by atoms with Gasteiger partial charge in [-0.25, -0.2) is 33.7 Å². The molecule has 12 nitrogen and oxygen atoms in total. The van der Waals surface area contributed by atoms with Crippen LogP contribution in [-0.4, -0.2) is 67.6 Å². The Morgan fingerprint density at radius 1 is 0.581 bits per heavy atom. The van der Waals surface area contributed by atoms with Crippen LogP contribution < -0.4 is 0 Å². The van der Waals surface area contributed by atoms with Gasteiger partial charge in [0.2, 0.25) is 0 Å². The maximum Gasteiger partial charge on any atom is 0.496 e. The molecule has 0 aliphatic heterocycles. The summed E-state index contributed by atoms with van der Waals surface area (Å²) in [6.45, 7) is 0.